The standard InChI is InChI=1S/C19H25NOS/c1-13(2)12-18(21)20-19(17-6-5-11-22-17)16-9-7-15(8-10-16)14(3)4/h5-11,13-14,19H,12H2,1-4H3,(H,20,21). The number of carbonyl (C=O) groups excluding carboxylic acids is 1. The first-order valence-electron chi connectivity index (χ1n) is 7.90. The van der Waals surface area contributed by atoms with Gasteiger partial charge >= 0.3 is 0 Å². The molecule has 1 aromatic carbocycles. The van der Waals surface area contributed by atoms with E-state index in [9.17, 15) is 4.79 Å². The summed E-state index contributed by atoms with van der Waals surface area (Å²) in [6.07, 6.45) is 0.561. The summed E-state index contributed by atoms with van der Waals surface area (Å²) >= 11 is 1.68. The van der Waals surface area contributed by atoms with Gasteiger partial charge < -0.3 is 5.32 Å². The van der Waals surface area contributed by atoms with Gasteiger partial charge in [0.2, 0.25) is 5.91 Å². The highest BCUT2D eigenvalue weighted by Gasteiger charge is 2.18. The highest BCUT2D eigenvalue weighted by atomic mass is 32.1. The molecule has 2 aromatic rings. The minimum absolute atomic E-state index is 0.0486. The molecule has 1 heterocycles. The van der Waals surface area contributed by atoms with E-state index in [2.05, 4.69) is 68.7 Å². The van der Waals surface area contributed by atoms with Crippen molar-refractivity contribution in [2.24, 2.45) is 5.92 Å². The van der Waals surface area contributed by atoms with Crippen LogP contribution < -0.4 is 5.32 Å². The first kappa shape index (κ1) is 16.8. The Morgan fingerprint density at radius 3 is 2.18 bits per heavy atom. The number of hydrogen-bond acceptors (Lipinski definition) is 2. The van der Waals surface area contributed by atoms with Gasteiger partial charge in [0.05, 0.1) is 6.04 Å². The summed E-state index contributed by atoms with van der Waals surface area (Å²) in [7, 11) is 0. The van der Waals surface area contributed by atoms with Crippen molar-refractivity contribution in [1.29, 1.82) is 0 Å². The lowest BCUT2D eigenvalue weighted by Gasteiger charge is -2.19. The monoisotopic (exact) mass is 315 g/mol. The number of hydrogen-bond donors (Lipinski definition) is 1. The van der Waals surface area contributed by atoms with Gasteiger partial charge in [-0.15, -0.1) is 11.3 Å². The molecule has 0 saturated heterocycles. The largest absolute Gasteiger partial charge is 0.344 e. The van der Waals surface area contributed by atoms with E-state index in [4.69, 9.17) is 0 Å². The molecule has 1 aromatic heterocycles. The summed E-state index contributed by atoms with van der Waals surface area (Å²) in [5, 5.41) is 5.24. The maximum atomic E-state index is 12.2. The molecule has 0 radical (unpaired) electrons. The third kappa shape index (κ3) is 4.44. The third-order valence-corrected chi connectivity index (χ3v) is 4.60. The van der Waals surface area contributed by atoms with Crippen LogP contribution >= 0.6 is 11.3 Å². The predicted molar refractivity (Wildman–Crippen MR) is 94.3 cm³/mol. The molecule has 0 saturated carbocycles. The highest BCUT2D eigenvalue weighted by Crippen LogP contribution is 2.27. The summed E-state index contributed by atoms with van der Waals surface area (Å²) in [6.45, 7) is 8.51. The van der Waals surface area contributed by atoms with Crippen LogP contribution in [0.1, 0.15) is 62.1 Å². The maximum Gasteiger partial charge on any atom is 0.221 e. The van der Waals surface area contributed by atoms with Crippen LogP contribution in [0.15, 0.2) is 41.8 Å². The second-order valence-corrected chi connectivity index (χ2v) is 7.41. The molecule has 3 heteroatoms. The van der Waals surface area contributed by atoms with E-state index in [0.717, 1.165) is 5.56 Å². The molecule has 0 bridgehead atoms. The lowest BCUT2D eigenvalue weighted by molar-refractivity contribution is -0.122. The molecule has 0 fully saturated rings. The van der Waals surface area contributed by atoms with Crippen LogP contribution in [0.3, 0.4) is 0 Å². The molecule has 1 N–H and O–H groups in total. The number of amides is 1. The number of thiophene rings is 1. The first-order chi connectivity index (χ1) is 10.5. The van der Waals surface area contributed by atoms with E-state index in [1.807, 2.05) is 6.07 Å². The van der Waals surface area contributed by atoms with Gasteiger partial charge in [-0.05, 0) is 34.4 Å². The Morgan fingerprint density at radius 2 is 1.68 bits per heavy atom. The Kier molecular flexibility index (Phi) is 5.78. The van der Waals surface area contributed by atoms with Crippen molar-refractivity contribution in [2.45, 2.75) is 46.1 Å². The lowest BCUT2D eigenvalue weighted by atomic mass is 9.98. The molecule has 118 valence electrons. The minimum atomic E-state index is -0.0486. The Bertz CT molecular complexity index is 584. The number of rotatable bonds is 6. The second kappa shape index (κ2) is 7.59. The Morgan fingerprint density at radius 1 is 1.05 bits per heavy atom. The molecule has 22 heavy (non-hydrogen) atoms. The van der Waals surface area contributed by atoms with Gasteiger partial charge in [-0.25, -0.2) is 0 Å². The van der Waals surface area contributed by atoms with Gasteiger partial charge in [0, 0.05) is 11.3 Å². The van der Waals surface area contributed by atoms with E-state index in [1.165, 1.54) is 10.4 Å². The first-order valence-corrected chi connectivity index (χ1v) is 8.78. The van der Waals surface area contributed by atoms with Gasteiger partial charge in [0.15, 0.2) is 0 Å². The van der Waals surface area contributed by atoms with Gasteiger partial charge in [-0.3, -0.25) is 4.79 Å². The van der Waals surface area contributed by atoms with Crippen LogP contribution in [-0.2, 0) is 4.79 Å². The summed E-state index contributed by atoms with van der Waals surface area (Å²) in [6, 6.07) is 12.7. The minimum Gasteiger partial charge on any atom is -0.344 e. The topological polar surface area (TPSA) is 29.1 Å². The molecule has 0 aliphatic heterocycles. The molecule has 0 aliphatic rings. The zero-order valence-corrected chi connectivity index (χ0v) is 14.6. The quantitative estimate of drug-likeness (QED) is 0.787. The SMILES string of the molecule is CC(C)CC(=O)NC(c1ccc(C(C)C)cc1)c1cccs1. The van der Waals surface area contributed by atoms with Crippen molar-refractivity contribution in [3.05, 3.63) is 57.8 Å². The average molecular weight is 315 g/mol. The van der Waals surface area contributed by atoms with Crippen LogP contribution in [0.2, 0.25) is 0 Å². The van der Waals surface area contributed by atoms with Crippen LogP contribution in [0.25, 0.3) is 0 Å². The smallest absolute Gasteiger partial charge is 0.221 e. The molecular formula is C19H25NOS. The van der Waals surface area contributed by atoms with Gasteiger partial charge in [-0.2, -0.15) is 0 Å². The molecule has 1 amide bonds. The van der Waals surface area contributed by atoms with Crippen LogP contribution in [0.5, 0.6) is 0 Å². The third-order valence-electron chi connectivity index (χ3n) is 3.66. The van der Waals surface area contributed by atoms with Gasteiger partial charge in [-0.1, -0.05) is 58.0 Å². The zero-order valence-electron chi connectivity index (χ0n) is 13.8. The number of nitrogens with one attached hydrogen (secondary N) is 1. The summed E-state index contributed by atoms with van der Waals surface area (Å²) < 4.78 is 0. The molecule has 1 unspecified atom stereocenters. The Hall–Kier alpha value is -1.61. The predicted octanol–water partition coefficient (Wildman–Crippen LogP) is 5.12. The van der Waals surface area contributed by atoms with E-state index in [1.54, 1.807) is 11.3 Å². The zero-order chi connectivity index (χ0) is 16.1. The van der Waals surface area contributed by atoms with E-state index in [0.29, 0.717) is 18.3 Å². The Balaban J connectivity index is 2.23. The van der Waals surface area contributed by atoms with Crippen molar-refractivity contribution in [3.8, 4) is 0 Å². The van der Waals surface area contributed by atoms with Crippen LogP contribution in [0, 0.1) is 5.92 Å². The number of carbonyl (C=O) groups is 1. The van der Waals surface area contributed by atoms with Crippen LogP contribution in [0.4, 0.5) is 0 Å². The summed E-state index contributed by atoms with van der Waals surface area (Å²) in [5.41, 5.74) is 2.46. The van der Waals surface area contributed by atoms with Gasteiger partial charge in [0.1, 0.15) is 0 Å². The second-order valence-electron chi connectivity index (χ2n) is 6.44. The maximum absolute atomic E-state index is 12.2. The average Bonchev–Trinajstić information content (AvgIpc) is 2.98. The fraction of sp³-hybridized carbons (Fsp3) is 0.421. The molecule has 1 atom stereocenters. The van der Waals surface area contributed by atoms with Crippen molar-refractivity contribution in [2.75, 3.05) is 0 Å². The lowest BCUT2D eigenvalue weighted by Crippen LogP contribution is -2.29. The highest BCUT2D eigenvalue weighted by molar-refractivity contribution is 7.10. The van der Waals surface area contributed by atoms with Crippen molar-refractivity contribution in [1.82, 2.24) is 5.32 Å². The molecular weight excluding hydrogens is 290 g/mol. The molecule has 2 rings (SSSR count). The fourth-order valence-corrected chi connectivity index (χ4v) is 3.24. The fourth-order valence-electron chi connectivity index (χ4n) is 2.44. The summed E-state index contributed by atoms with van der Waals surface area (Å²) in [5.74, 6) is 0.999. The number of benzene rings is 1. The molecule has 0 spiro atoms. The van der Waals surface area contributed by atoms with E-state index >= 15 is 0 Å². The Labute approximate surface area is 137 Å². The molecule has 2 nitrogen and oxygen atoms in total. The molecule has 0 aliphatic carbocycles. The van der Waals surface area contributed by atoms with E-state index in [-0.39, 0.29) is 11.9 Å². The van der Waals surface area contributed by atoms with Crippen molar-refractivity contribution < 1.29 is 4.79 Å². The van der Waals surface area contributed by atoms with E-state index < -0.39 is 0 Å². The van der Waals surface area contributed by atoms with Crippen molar-refractivity contribution in [3.63, 3.8) is 0 Å². The summed E-state index contributed by atoms with van der Waals surface area (Å²) in [4.78, 5) is 13.4. The normalized spacial score (nSPS) is 12.6. The van der Waals surface area contributed by atoms with Gasteiger partial charge in [0.25, 0.3) is 0 Å². The van der Waals surface area contributed by atoms with Crippen molar-refractivity contribution >= 4 is 17.2 Å². The van der Waals surface area contributed by atoms with Crippen LogP contribution in [-0.4, -0.2) is 5.91 Å².